The molecule has 1 unspecified atom stereocenters. The molecule has 0 aliphatic heterocycles. The summed E-state index contributed by atoms with van der Waals surface area (Å²) in [7, 11) is 1.98. The van der Waals surface area contributed by atoms with Crippen molar-refractivity contribution in [3.63, 3.8) is 0 Å². The maximum absolute atomic E-state index is 8.57. The maximum atomic E-state index is 8.57. The number of nitrogens with two attached hydrogens (primary N) is 1. The van der Waals surface area contributed by atoms with Crippen LogP contribution in [0.5, 0.6) is 0 Å². The number of pyridine rings is 1. The van der Waals surface area contributed by atoms with E-state index >= 15 is 0 Å². The lowest BCUT2D eigenvalue weighted by molar-refractivity contribution is 0.0971. The van der Waals surface area contributed by atoms with Crippen LogP contribution in [0.25, 0.3) is 0 Å². The van der Waals surface area contributed by atoms with E-state index in [0.29, 0.717) is 13.2 Å². The molecule has 0 saturated heterocycles. The Morgan fingerprint density at radius 3 is 2.76 bits per heavy atom. The van der Waals surface area contributed by atoms with Crippen LogP contribution in [-0.2, 0) is 4.74 Å². The predicted molar refractivity (Wildman–Crippen MR) is 68.0 cm³/mol. The van der Waals surface area contributed by atoms with Crippen LogP contribution in [0.15, 0.2) is 18.3 Å². The van der Waals surface area contributed by atoms with E-state index in [4.69, 9.17) is 15.6 Å². The van der Waals surface area contributed by atoms with Gasteiger partial charge >= 0.3 is 0 Å². The Bertz CT molecular complexity index is 314. The number of ether oxygens (including phenoxy) is 1. The minimum absolute atomic E-state index is 0.0396. The zero-order valence-electron chi connectivity index (χ0n) is 10.5. The topological polar surface area (TPSA) is 71.6 Å². The number of aliphatic hydroxyl groups is 1. The number of aliphatic hydroxyl groups excluding tert-OH is 1. The number of hydrogen-bond donors (Lipinski definition) is 2. The highest BCUT2D eigenvalue weighted by atomic mass is 16.5. The molecule has 1 heterocycles. The molecule has 1 aromatic heterocycles. The Kier molecular flexibility index (Phi) is 5.90. The molecule has 3 N–H and O–H groups in total. The summed E-state index contributed by atoms with van der Waals surface area (Å²) in [6.45, 7) is 3.71. The van der Waals surface area contributed by atoms with Crippen molar-refractivity contribution >= 4 is 5.69 Å². The normalized spacial score (nSPS) is 12.5. The van der Waals surface area contributed by atoms with E-state index in [-0.39, 0.29) is 12.6 Å². The first-order valence-electron chi connectivity index (χ1n) is 5.76. The van der Waals surface area contributed by atoms with Gasteiger partial charge in [-0.25, -0.2) is 0 Å². The van der Waals surface area contributed by atoms with Gasteiger partial charge in [0.25, 0.3) is 0 Å². The van der Waals surface area contributed by atoms with E-state index in [1.807, 2.05) is 32.3 Å². The predicted octanol–water partition coefficient (Wildman–Crippen LogP) is 0.546. The second-order valence-corrected chi connectivity index (χ2v) is 3.99. The molecule has 1 aromatic rings. The number of likely N-dealkylation sites (N-methyl/N-ethyl adjacent to an activating group) is 1. The van der Waals surface area contributed by atoms with Crippen molar-refractivity contribution in [3.8, 4) is 0 Å². The quantitative estimate of drug-likeness (QED) is 0.680. The molecule has 5 heteroatoms. The number of nitrogens with zero attached hydrogens (tertiary/aromatic N) is 2. The first-order valence-corrected chi connectivity index (χ1v) is 5.76. The third-order valence-corrected chi connectivity index (χ3v) is 2.48. The molecular weight excluding hydrogens is 218 g/mol. The summed E-state index contributed by atoms with van der Waals surface area (Å²) < 4.78 is 5.20. The van der Waals surface area contributed by atoms with Crippen molar-refractivity contribution in [2.24, 2.45) is 5.73 Å². The van der Waals surface area contributed by atoms with Crippen LogP contribution in [0.2, 0.25) is 0 Å². The van der Waals surface area contributed by atoms with Gasteiger partial charge in [0, 0.05) is 19.6 Å². The highest BCUT2D eigenvalue weighted by Gasteiger charge is 2.04. The molecule has 96 valence electrons. The fraction of sp³-hybridized carbons (Fsp3) is 0.583. The summed E-state index contributed by atoms with van der Waals surface area (Å²) in [4.78, 5) is 6.35. The summed E-state index contributed by atoms with van der Waals surface area (Å²) in [5.41, 5.74) is 7.65. The third-order valence-electron chi connectivity index (χ3n) is 2.48. The third kappa shape index (κ3) is 4.68. The van der Waals surface area contributed by atoms with Gasteiger partial charge < -0.3 is 20.5 Å². The Balaban J connectivity index is 2.43. The molecule has 0 aromatic carbocycles. The van der Waals surface area contributed by atoms with Gasteiger partial charge in [0.05, 0.1) is 37.4 Å². The van der Waals surface area contributed by atoms with Crippen molar-refractivity contribution in [2.75, 3.05) is 38.3 Å². The molecule has 0 aliphatic rings. The largest absolute Gasteiger partial charge is 0.394 e. The maximum Gasteiger partial charge on any atom is 0.0698 e. The van der Waals surface area contributed by atoms with Gasteiger partial charge in [0.15, 0.2) is 0 Å². The second kappa shape index (κ2) is 7.21. The van der Waals surface area contributed by atoms with E-state index in [1.54, 1.807) is 0 Å². The van der Waals surface area contributed by atoms with Crippen LogP contribution in [0.4, 0.5) is 5.69 Å². The van der Waals surface area contributed by atoms with Crippen molar-refractivity contribution in [1.82, 2.24) is 4.98 Å². The highest BCUT2D eigenvalue weighted by molar-refractivity contribution is 5.43. The molecule has 0 fully saturated rings. The standard InChI is InChI=1S/C12H21N3O2/c1-10(13)12-4-3-11(9-14-12)15(2)5-7-17-8-6-16/h3-4,9-10,16H,5-8,13H2,1-2H3. The molecule has 0 radical (unpaired) electrons. The van der Waals surface area contributed by atoms with Gasteiger partial charge in [-0.2, -0.15) is 0 Å². The summed E-state index contributed by atoms with van der Waals surface area (Å²) in [5.74, 6) is 0. The molecule has 0 spiro atoms. The van der Waals surface area contributed by atoms with Crippen LogP contribution < -0.4 is 10.6 Å². The summed E-state index contributed by atoms with van der Waals surface area (Å²) >= 11 is 0. The van der Waals surface area contributed by atoms with Gasteiger partial charge in [0.1, 0.15) is 0 Å². The zero-order chi connectivity index (χ0) is 12.7. The summed E-state index contributed by atoms with van der Waals surface area (Å²) in [5, 5.41) is 8.57. The molecule has 0 bridgehead atoms. The number of aromatic nitrogens is 1. The number of hydrogen-bond acceptors (Lipinski definition) is 5. The van der Waals surface area contributed by atoms with Crippen molar-refractivity contribution < 1.29 is 9.84 Å². The number of anilines is 1. The smallest absolute Gasteiger partial charge is 0.0698 e. The second-order valence-electron chi connectivity index (χ2n) is 3.99. The van der Waals surface area contributed by atoms with Gasteiger partial charge in [-0.3, -0.25) is 4.98 Å². The van der Waals surface area contributed by atoms with Crippen molar-refractivity contribution in [3.05, 3.63) is 24.0 Å². The van der Waals surface area contributed by atoms with Gasteiger partial charge in [-0.05, 0) is 19.1 Å². The molecule has 17 heavy (non-hydrogen) atoms. The summed E-state index contributed by atoms with van der Waals surface area (Å²) in [6, 6.07) is 3.89. The minimum Gasteiger partial charge on any atom is -0.394 e. The van der Waals surface area contributed by atoms with Crippen LogP contribution in [0.1, 0.15) is 18.7 Å². The van der Waals surface area contributed by atoms with Crippen molar-refractivity contribution in [1.29, 1.82) is 0 Å². The van der Waals surface area contributed by atoms with E-state index < -0.39 is 0 Å². The number of rotatable bonds is 7. The van der Waals surface area contributed by atoms with Gasteiger partial charge in [-0.1, -0.05) is 0 Å². The van der Waals surface area contributed by atoms with Crippen LogP contribution in [0.3, 0.4) is 0 Å². The Morgan fingerprint density at radius 2 is 2.24 bits per heavy atom. The molecule has 1 rings (SSSR count). The molecule has 0 amide bonds. The molecule has 1 atom stereocenters. The molecular formula is C12H21N3O2. The fourth-order valence-corrected chi connectivity index (χ4v) is 1.39. The van der Waals surface area contributed by atoms with Gasteiger partial charge in [0.2, 0.25) is 0 Å². The zero-order valence-corrected chi connectivity index (χ0v) is 10.5. The first kappa shape index (κ1) is 13.9. The van der Waals surface area contributed by atoms with Gasteiger partial charge in [-0.15, -0.1) is 0 Å². The van der Waals surface area contributed by atoms with Crippen molar-refractivity contribution in [2.45, 2.75) is 13.0 Å². The Labute approximate surface area is 102 Å². The summed E-state index contributed by atoms with van der Waals surface area (Å²) in [6.07, 6.45) is 1.81. The van der Waals surface area contributed by atoms with E-state index in [2.05, 4.69) is 9.88 Å². The average molecular weight is 239 g/mol. The molecule has 5 nitrogen and oxygen atoms in total. The lowest BCUT2D eigenvalue weighted by atomic mass is 10.2. The first-order chi connectivity index (χ1) is 8.15. The van der Waals surface area contributed by atoms with Crippen LogP contribution >= 0.6 is 0 Å². The van der Waals surface area contributed by atoms with Crippen LogP contribution in [0, 0.1) is 0 Å². The van der Waals surface area contributed by atoms with Crippen LogP contribution in [-0.4, -0.2) is 43.5 Å². The highest BCUT2D eigenvalue weighted by Crippen LogP contribution is 2.13. The van der Waals surface area contributed by atoms with E-state index in [9.17, 15) is 0 Å². The SMILES string of the molecule is CC(N)c1ccc(N(C)CCOCCO)cn1. The fourth-order valence-electron chi connectivity index (χ4n) is 1.39. The Hall–Kier alpha value is -1.17. The lowest BCUT2D eigenvalue weighted by Gasteiger charge is -2.19. The monoisotopic (exact) mass is 239 g/mol. The molecule has 0 aliphatic carbocycles. The molecule has 0 saturated carbocycles. The van der Waals surface area contributed by atoms with E-state index in [1.165, 1.54) is 0 Å². The average Bonchev–Trinajstić information content (AvgIpc) is 2.34. The van der Waals surface area contributed by atoms with E-state index in [0.717, 1.165) is 17.9 Å². The minimum atomic E-state index is -0.0396. The lowest BCUT2D eigenvalue weighted by Crippen LogP contribution is -2.23. The Morgan fingerprint density at radius 1 is 1.47 bits per heavy atom.